The Morgan fingerprint density at radius 2 is 2.14 bits per heavy atom. The molecule has 0 heterocycles. The van der Waals surface area contributed by atoms with Crippen molar-refractivity contribution in [3.8, 4) is 5.75 Å². The molecule has 0 atom stereocenters. The fraction of sp³-hybridized carbons (Fsp3) is 0.333. The number of benzene rings is 1. The Labute approximate surface area is 89.1 Å². The first-order valence-electron chi connectivity index (χ1n) is 4.06. The van der Waals surface area contributed by atoms with E-state index in [-0.39, 0.29) is 12.3 Å². The lowest BCUT2D eigenvalue weighted by molar-refractivity contribution is 0.145. The van der Waals surface area contributed by atoms with Crippen LogP contribution < -0.4 is 5.32 Å². The van der Waals surface area contributed by atoms with Gasteiger partial charge in [-0.05, 0) is 33.6 Å². The van der Waals surface area contributed by atoms with E-state index in [0.717, 1.165) is 5.56 Å². The molecule has 5 heteroatoms. The molecular weight excluding hydrogens is 256 g/mol. The first kappa shape index (κ1) is 11.4. The van der Waals surface area contributed by atoms with E-state index in [4.69, 9.17) is 0 Å². The zero-order valence-electron chi connectivity index (χ0n) is 7.30. The fourth-order valence-corrected chi connectivity index (χ4v) is 1.41. The van der Waals surface area contributed by atoms with E-state index >= 15 is 0 Å². The summed E-state index contributed by atoms with van der Waals surface area (Å²) in [6.45, 7) is 0.0434. The molecule has 2 nitrogen and oxygen atoms in total. The number of aromatic hydroxyl groups is 1. The number of phenols is 1. The lowest BCUT2D eigenvalue weighted by Gasteiger charge is -2.05. The summed E-state index contributed by atoms with van der Waals surface area (Å²) in [5, 5.41) is 11.8. The summed E-state index contributed by atoms with van der Waals surface area (Å²) < 4.78 is 24.1. The molecule has 0 spiro atoms. The summed E-state index contributed by atoms with van der Waals surface area (Å²) in [5.74, 6) is 0.141. The zero-order chi connectivity index (χ0) is 10.6. The van der Waals surface area contributed by atoms with Gasteiger partial charge in [-0.15, -0.1) is 0 Å². The number of halogens is 3. The molecule has 78 valence electrons. The fourth-order valence-electron chi connectivity index (χ4n) is 0.986. The van der Waals surface area contributed by atoms with Gasteiger partial charge in [0.1, 0.15) is 5.75 Å². The van der Waals surface area contributed by atoms with Crippen LogP contribution in [0.4, 0.5) is 8.78 Å². The van der Waals surface area contributed by atoms with Gasteiger partial charge in [0, 0.05) is 6.54 Å². The third-order valence-corrected chi connectivity index (χ3v) is 2.28. The van der Waals surface area contributed by atoms with Crippen LogP contribution in [0.1, 0.15) is 5.56 Å². The molecule has 0 fully saturated rings. The van der Waals surface area contributed by atoms with Gasteiger partial charge in [0.15, 0.2) is 0 Å². The molecule has 14 heavy (non-hydrogen) atoms. The summed E-state index contributed by atoms with van der Waals surface area (Å²) in [6.07, 6.45) is -2.34. The van der Waals surface area contributed by atoms with Crippen molar-refractivity contribution >= 4 is 15.9 Å². The molecule has 0 amide bonds. The van der Waals surface area contributed by atoms with Crippen LogP contribution in [-0.4, -0.2) is 18.1 Å². The van der Waals surface area contributed by atoms with Gasteiger partial charge in [-0.2, -0.15) is 0 Å². The van der Waals surface area contributed by atoms with Gasteiger partial charge in [0.2, 0.25) is 0 Å². The van der Waals surface area contributed by atoms with E-state index in [1.165, 1.54) is 6.07 Å². The third kappa shape index (κ3) is 3.59. The van der Waals surface area contributed by atoms with Gasteiger partial charge in [0.25, 0.3) is 6.43 Å². The number of hydrogen-bond acceptors (Lipinski definition) is 2. The summed E-state index contributed by atoms with van der Waals surface area (Å²) in [6, 6.07) is 4.88. The number of hydrogen-bond donors (Lipinski definition) is 2. The largest absolute Gasteiger partial charge is 0.507 e. The predicted octanol–water partition coefficient (Wildman–Crippen LogP) is 2.51. The smallest absolute Gasteiger partial charge is 0.250 e. The summed E-state index contributed by atoms with van der Waals surface area (Å²) in [5.41, 5.74) is 0.843. The van der Waals surface area contributed by atoms with Gasteiger partial charge < -0.3 is 10.4 Å². The maximum absolute atomic E-state index is 11.8. The second kappa shape index (κ2) is 5.26. The number of rotatable bonds is 4. The predicted molar refractivity (Wildman–Crippen MR) is 53.5 cm³/mol. The van der Waals surface area contributed by atoms with Crippen molar-refractivity contribution in [1.82, 2.24) is 5.32 Å². The first-order valence-corrected chi connectivity index (χ1v) is 4.85. The Morgan fingerprint density at radius 3 is 2.71 bits per heavy atom. The molecule has 0 bridgehead atoms. The van der Waals surface area contributed by atoms with Crippen molar-refractivity contribution in [2.24, 2.45) is 0 Å². The van der Waals surface area contributed by atoms with Crippen molar-refractivity contribution in [3.63, 3.8) is 0 Å². The van der Waals surface area contributed by atoms with Crippen LogP contribution in [-0.2, 0) is 6.54 Å². The summed E-state index contributed by atoms with van der Waals surface area (Å²) in [7, 11) is 0. The van der Waals surface area contributed by atoms with Crippen LogP contribution in [0.25, 0.3) is 0 Å². The van der Waals surface area contributed by atoms with E-state index in [1.54, 1.807) is 12.1 Å². The number of alkyl halides is 2. The second-order valence-corrected chi connectivity index (χ2v) is 3.66. The minimum atomic E-state index is -2.34. The average molecular weight is 266 g/mol. The van der Waals surface area contributed by atoms with Gasteiger partial charge in [-0.1, -0.05) is 6.07 Å². The summed E-state index contributed by atoms with van der Waals surface area (Å²) >= 11 is 3.14. The minimum Gasteiger partial charge on any atom is -0.507 e. The average Bonchev–Trinajstić information content (AvgIpc) is 2.10. The summed E-state index contributed by atoms with van der Waals surface area (Å²) in [4.78, 5) is 0. The van der Waals surface area contributed by atoms with Crippen molar-refractivity contribution in [3.05, 3.63) is 28.2 Å². The quantitative estimate of drug-likeness (QED) is 0.877. The normalized spacial score (nSPS) is 10.9. The van der Waals surface area contributed by atoms with Crippen LogP contribution in [0.5, 0.6) is 5.75 Å². The van der Waals surface area contributed by atoms with Gasteiger partial charge in [-0.3, -0.25) is 0 Å². The van der Waals surface area contributed by atoms with Gasteiger partial charge in [0.05, 0.1) is 11.0 Å². The Kier molecular flexibility index (Phi) is 4.28. The molecule has 0 saturated carbocycles. The molecular formula is C9H10BrF2NO. The third-order valence-electron chi connectivity index (χ3n) is 1.64. The topological polar surface area (TPSA) is 32.3 Å². The Bertz CT molecular complexity index is 307. The van der Waals surface area contributed by atoms with E-state index in [2.05, 4.69) is 21.2 Å². The van der Waals surface area contributed by atoms with Crippen LogP contribution in [0, 0.1) is 0 Å². The number of phenolic OH excluding ortho intramolecular Hbond substituents is 1. The molecule has 2 N–H and O–H groups in total. The van der Waals surface area contributed by atoms with Crippen LogP contribution >= 0.6 is 15.9 Å². The molecule has 0 aliphatic heterocycles. The molecule has 1 rings (SSSR count). The maximum Gasteiger partial charge on any atom is 0.250 e. The van der Waals surface area contributed by atoms with Crippen molar-refractivity contribution in [2.45, 2.75) is 13.0 Å². The van der Waals surface area contributed by atoms with Crippen molar-refractivity contribution in [1.29, 1.82) is 0 Å². The molecule has 0 aliphatic rings. The van der Waals surface area contributed by atoms with Gasteiger partial charge >= 0.3 is 0 Å². The van der Waals surface area contributed by atoms with Crippen LogP contribution in [0.15, 0.2) is 22.7 Å². The van der Waals surface area contributed by atoms with Crippen molar-refractivity contribution in [2.75, 3.05) is 6.54 Å². The lowest BCUT2D eigenvalue weighted by atomic mass is 10.2. The van der Waals surface area contributed by atoms with E-state index in [1.807, 2.05) is 0 Å². The van der Waals surface area contributed by atoms with Crippen LogP contribution in [0.3, 0.4) is 0 Å². The molecule has 0 unspecified atom stereocenters. The SMILES string of the molecule is Oc1ccc(CNCC(F)F)cc1Br. The van der Waals surface area contributed by atoms with Crippen LogP contribution in [0.2, 0.25) is 0 Å². The standard InChI is InChI=1S/C9H10BrF2NO/c10-7-3-6(1-2-8(7)14)4-13-5-9(11)12/h1-3,9,13-14H,4-5H2. The highest BCUT2D eigenvalue weighted by atomic mass is 79.9. The van der Waals surface area contributed by atoms with E-state index < -0.39 is 6.43 Å². The molecule has 0 radical (unpaired) electrons. The first-order chi connectivity index (χ1) is 6.59. The highest BCUT2D eigenvalue weighted by Gasteiger charge is 2.02. The van der Waals surface area contributed by atoms with Gasteiger partial charge in [-0.25, -0.2) is 8.78 Å². The second-order valence-electron chi connectivity index (χ2n) is 2.81. The maximum atomic E-state index is 11.8. The molecule has 1 aromatic carbocycles. The van der Waals surface area contributed by atoms with E-state index in [9.17, 15) is 13.9 Å². The number of nitrogens with one attached hydrogen (secondary N) is 1. The molecule has 1 aromatic rings. The Morgan fingerprint density at radius 1 is 1.43 bits per heavy atom. The van der Waals surface area contributed by atoms with E-state index in [0.29, 0.717) is 11.0 Å². The Balaban J connectivity index is 2.47. The molecule has 0 aromatic heterocycles. The zero-order valence-corrected chi connectivity index (χ0v) is 8.89. The minimum absolute atomic E-state index is 0.141. The molecule has 0 aliphatic carbocycles. The molecule has 0 saturated heterocycles. The monoisotopic (exact) mass is 265 g/mol. The Hall–Kier alpha value is -0.680. The van der Waals surface area contributed by atoms with Crippen molar-refractivity contribution < 1.29 is 13.9 Å². The highest BCUT2D eigenvalue weighted by molar-refractivity contribution is 9.10. The lowest BCUT2D eigenvalue weighted by Crippen LogP contribution is -2.20. The highest BCUT2D eigenvalue weighted by Crippen LogP contribution is 2.24.